The fraction of sp³-hybridized carbons (Fsp3) is 0.353. The van der Waals surface area contributed by atoms with Crippen molar-refractivity contribution >= 4 is 23.4 Å². The normalized spacial score (nSPS) is 12.7. The van der Waals surface area contributed by atoms with Crippen molar-refractivity contribution in [2.24, 2.45) is 0 Å². The van der Waals surface area contributed by atoms with Crippen LogP contribution in [0, 0.1) is 0 Å². The van der Waals surface area contributed by atoms with Gasteiger partial charge in [0.25, 0.3) is 0 Å². The lowest BCUT2D eigenvalue weighted by atomic mass is 10.1. The second kappa shape index (κ2) is 6.58. The van der Waals surface area contributed by atoms with Crippen LogP contribution in [0.25, 0.3) is 5.65 Å². The largest absolute Gasteiger partial charge is 0.348 e. The first-order chi connectivity index (χ1) is 11.1. The molecule has 0 saturated carbocycles. The Labute approximate surface area is 140 Å². The molecule has 120 valence electrons. The average Bonchev–Trinajstić information content (AvgIpc) is 2.99. The Kier molecular flexibility index (Phi) is 4.52. The molecule has 0 saturated heterocycles. The highest BCUT2D eigenvalue weighted by atomic mass is 32.2. The van der Waals surface area contributed by atoms with Gasteiger partial charge < -0.3 is 5.32 Å². The number of nitrogens with zero attached hydrogens (tertiary/aromatic N) is 4. The number of rotatable bonds is 5. The van der Waals surface area contributed by atoms with Crippen LogP contribution in [0.4, 0.5) is 5.95 Å². The summed E-state index contributed by atoms with van der Waals surface area (Å²) in [6.45, 7) is 6.42. The summed E-state index contributed by atoms with van der Waals surface area (Å²) >= 11 is 1.54. The standard InChI is InChI=1S/C17H21N5S/c1-11(2)14-10-18-22-15(14)20-17(23-4)21-16(22)19-12(3)13-8-6-5-7-9-13/h5-12H,1-4H3,(H,19,20,21)/t12-/m0/s1. The van der Waals surface area contributed by atoms with Crippen LogP contribution in [-0.2, 0) is 0 Å². The molecule has 0 unspecified atom stereocenters. The summed E-state index contributed by atoms with van der Waals surface area (Å²) < 4.78 is 1.80. The zero-order valence-corrected chi connectivity index (χ0v) is 14.6. The molecule has 0 bridgehead atoms. The second-order valence-electron chi connectivity index (χ2n) is 5.80. The zero-order valence-electron chi connectivity index (χ0n) is 13.8. The van der Waals surface area contributed by atoms with Crippen LogP contribution in [0.3, 0.4) is 0 Å². The number of thioether (sulfide) groups is 1. The van der Waals surface area contributed by atoms with E-state index >= 15 is 0 Å². The van der Waals surface area contributed by atoms with E-state index in [1.165, 1.54) is 5.56 Å². The number of fused-ring (bicyclic) bond motifs is 1. The van der Waals surface area contributed by atoms with Crippen molar-refractivity contribution in [2.45, 2.75) is 37.9 Å². The summed E-state index contributed by atoms with van der Waals surface area (Å²) in [6, 6.07) is 10.5. The van der Waals surface area contributed by atoms with Crippen LogP contribution in [0.1, 0.15) is 43.9 Å². The topological polar surface area (TPSA) is 55.1 Å². The lowest BCUT2D eigenvalue weighted by Gasteiger charge is -2.16. The van der Waals surface area contributed by atoms with E-state index in [9.17, 15) is 0 Å². The lowest BCUT2D eigenvalue weighted by Crippen LogP contribution is -2.13. The van der Waals surface area contributed by atoms with Gasteiger partial charge in [-0.05, 0) is 24.7 Å². The van der Waals surface area contributed by atoms with E-state index in [1.807, 2.05) is 30.7 Å². The lowest BCUT2D eigenvalue weighted by molar-refractivity contribution is 0.784. The Hall–Kier alpha value is -2.08. The molecule has 5 nitrogen and oxygen atoms in total. The maximum absolute atomic E-state index is 4.63. The molecule has 2 aromatic heterocycles. The molecule has 1 N–H and O–H groups in total. The second-order valence-corrected chi connectivity index (χ2v) is 6.57. The predicted molar refractivity (Wildman–Crippen MR) is 95.1 cm³/mol. The molecule has 1 atom stereocenters. The van der Waals surface area contributed by atoms with Crippen molar-refractivity contribution in [2.75, 3.05) is 11.6 Å². The summed E-state index contributed by atoms with van der Waals surface area (Å²) in [5.41, 5.74) is 3.22. The highest BCUT2D eigenvalue weighted by Gasteiger charge is 2.16. The minimum absolute atomic E-state index is 0.135. The van der Waals surface area contributed by atoms with Gasteiger partial charge in [0.15, 0.2) is 10.8 Å². The van der Waals surface area contributed by atoms with Crippen molar-refractivity contribution in [1.29, 1.82) is 0 Å². The summed E-state index contributed by atoms with van der Waals surface area (Å²) in [5.74, 6) is 1.10. The SMILES string of the molecule is CSc1nc(N[C@@H](C)c2ccccc2)n2ncc(C(C)C)c2n1. The van der Waals surface area contributed by atoms with Crippen molar-refractivity contribution in [3.05, 3.63) is 47.7 Å². The molecular formula is C17H21N5S. The molecular weight excluding hydrogens is 306 g/mol. The Morgan fingerprint density at radius 1 is 1.09 bits per heavy atom. The maximum atomic E-state index is 4.63. The van der Waals surface area contributed by atoms with Gasteiger partial charge >= 0.3 is 0 Å². The summed E-state index contributed by atoms with van der Waals surface area (Å²) in [6.07, 6.45) is 3.87. The van der Waals surface area contributed by atoms with Gasteiger partial charge in [-0.15, -0.1) is 0 Å². The van der Waals surface area contributed by atoms with Crippen molar-refractivity contribution in [1.82, 2.24) is 19.6 Å². The minimum Gasteiger partial charge on any atom is -0.348 e. The van der Waals surface area contributed by atoms with E-state index in [-0.39, 0.29) is 6.04 Å². The van der Waals surface area contributed by atoms with Gasteiger partial charge in [0.2, 0.25) is 5.95 Å². The Morgan fingerprint density at radius 2 is 1.83 bits per heavy atom. The molecule has 2 heterocycles. The van der Waals surface area contributed by atoms with Gasteiger partial charge in [0.05, 0.1) is 12.2 Å². The van der Waals surface area contributed by atoms with Crippen LogP contribution < -0.4 is 5.32 Å². The number of nitrogens with one attached hydrogen (secondary N) is 1. The fourth-order valence-electron chi connectivity index (χ4n) is 2.49. The minimum atomic E-state index is 0.135. The molecule has 3 rings (SSSR count). The van der Waals surface area contributed by atoms with E-state index in [0.29, 0.717) is 5.92 Å². The molecule has 6 heteroatoms. The maximum Gasteiger partial charge on any atom is 0.228 e. The highest BCUT2D eigenvalue weighted by molar-refractivity contribution is 7.98. The number of hydrogen-bond acceptors (Lipinski definition) is 5. The van der Waals surface area contributed by atoms with Gasteiger partial charge in [-0.3, -0.25) is 0 Å². The Balaban J connectivity index is 2.03. The number of anilines is 1. The molecule has 0 amide bonds. The summed E-state index contributed by atoms with van der Waals surface area (Å²) in [7, 11) is 0. The molecule has 0 aliphatic carbocycles. The van der Waals surface area contributed by atoms with Crippen LogP contribution in [0.5, 0.6) is 0 Å². The molecule has 0 radical (unpaired) electrons. The molecule has 23 heavy (non-hydrogen) atoms. The molecule has 3 aromatic rings. The van der Waals surface area contributed by atoms with Gasteiger partial charge in [-0.2, -0.15) is 14.6 Å². The first-order valence-electron chi connectivity index (χ1n) is 7.71. The highest BCUT2D eigenvalue weighted by Crippen LogP contribution is 2.25. The van der Waals surface area contributed by atoms with Crippen molar-refractivity contribution < 1.29 is 0 Å². The average molecular weight is 327 g/mol. The number of hydrogen-bond donors (Lipinski definition) is 1. The van der Waals surface area contributed by atoms with E-state index in [1.54, 1.807) is 16.3 Å². The van der Waals surface area contributed by atoms with Crippen molar-refractivity contribution in [3.63, 3.8) is 0 Å². The zero-order chi connectivity index (χ0) is 16.4. The van der Waals surface area contributed by atoms with Crippen LogP contribution in [0.15, 0.2) is 41.7 Å². The Bertz CT molecular complexity index is 797. The smallest absolute Gasteiger partial charge is 0.228 e. The summed E-state index contributed by atoms with van der Waals surface area (Å²) in [5, 5.41) is 8.70. The van der Waals surface area contributed by atoms with Crippen LogP contribution >= 0.6 is 11.8 Å². The van der Waals surface area contributed by atoms with Gasteiger partial charge in [0.1, 0.15) is 0 Å². The van der Waals surface area contributed by atoms with E-state index < -0.39 is 0 Å². The molecule has 0 aliphatic rings. The summed E-state index contributed by atoms with van der Waals surface area (Å²) in [4.78, 5) is 9.23. The van der Waals surface area contributed by atoms with E-state index in [2.05, 4.69) is 53.3 Å². The van der Waals surface area contributed by atoms with Gasteiger partial charge in [0, 0.05) is 5.56 Å². The third kappa shape index (κ3) is 3.17. The first-order valence-corrected chi connectivity index (χ1v) is 8.93. The van der Waals surface area contributed by atoms with E-state index in [0.717, 1.165) is 22.3 Å². The number of benzene rings is 1. The monoisotopic (exact) mass is 327 g/mol. The third-order valence-electron chi connectivity index (χ3n) is 3.82. The van der Waals surface area contributed by atoms with Gasteiger partial charge in [-0.25, -0.2) is 4.98 Å². The quantitative estimate of drug-likeness (QED) is 0.714. The fourth-order valence-corrected chi connectivity index (χ4v) is 2.84. The van der Waals surface area contributed by atoms with Gasteiger partial charge in [-0.1, -0.05) is 55.9 Å². The first kappa shape index (κ1) is 15.8. The molecule has 1 aromatic carbocycles. The Morgan fingerprint density at radius 3 is 2.48 bits per heavy atom. The third-order valence-corrected chi connectivity index (χ3v) is 4.37. The molecule has 0 fully saturated rings. The van der Waals surface area contributed by atoms with Crippen LogP contribution in [-0.4, -0.2) is 25.8 Å². The van der Waals surface area contributed by atoms with Crippen molar-refractivity contribution in [3.8, 4) is 0 Å². The molecule has 0 spiro atoms. The molecule has 0 aliphatic heterocycles. The number of aromatic nitrogens is 4. The van der Waals surface area contributed by atoms with E-state index in [4.69, 9.17) is 0 Å². The predicted octanol–water partition coefficient (Wildman–Crippen LogP) is 4.14. The van der Waals surface area contributed by atoms with Crippen LogP contribution in [0.2, 0.25) is 0 Å².